The smallest absolute Gasteiger partial charge is 0.291 e. The number of thiophene rings is 1. The minimum atomic E-state index is -0.292. The maximum Gasteiger partial charge on any atom is 0.291 e. The lowest BCUT2D eigenvalue weighted by Crippen LogP contribution is -2.17. The van der Waals surface area contributed by atoms with Crippen molar-refractivity contribution in [1.82, 2.24) is 4.98 Å². The molecule has 0 bridgehead atoms. The van der Waals surface area contributed by atoms with Crippen LogP contribution >= 0.6 is 11.3 Å². The maximum atomic E-state index is 12.6. The highest BCUT2D eigenvalue weighted by Crippen LogP contribution is 2.40. The molecule has 4 aromatic rings. The first-order chi connectivity index (χ1) is 14.7. The molecular formula is C23H21N3O3S. The Hall–Kier alpha value is -3.58. The molecule has 0 spiro atoms. The molecule has 7 heteroatoms. The first kappa shape index (κ1) is 19.7. The molecule has 0 aliphatic carbocycles. The molecule has 2 N–H and O–H groups in total. The summed E-state index contributed by atoms with van der Waals surface area (Å²) in [6.45, 7) is 2.01. The van der Waals surface area contributed by atoms with E-state index in [1.807, 2.05) is 49.4 Å². The van der Waals surface area contributed by atoms with Gasteiger partial charge in [-0.3, -0.25) is 4.79 Å². The SMILES string of the molecule is COc1ccccc1[C@H](Nc1ccccn1)c1cc(C)sc1NC(=O)c1ccco1. The van der Waals surface area contributed by atoms with Crippen molar-refractivity contribution < 1.29 is 13.9 Å². The number of rotatable bonds is 7. The number of nitrogens with zero attached hydrogens (tertiary/aromatic N) is 1. The average molecular weight is 420 g/mol. The number of anilines is 2. The zero-order chi connectivity index (χ0) is 20.9. The Bertz CT molecular complexity index is 1120. The summed E-state index contributed by atoms with van der Waals surface area (Å²) in [4.78, 5) is 18.1. The van der Waals surface area contributed by atoms with E-state index in [0.29, 0.717) is 0 Å². The zero-order valence-corrected chi connectivity index (χ0v) is 17.4. The molecular weight excluding hydrogens is 398 g/mol. The van der Waals surface area contributed by atoms with Crippen LogP contribution in [0.5, 0.6) is 5.75 Å². The van der Waals surface area contributed by atoms with Crippen LogP contribution in [0.1, 0.15) is 32.6 Å². The summed E-state index contributed by atoms with van der Waals surface area (Å²) in [7, 11) is 1.65. The Morgan fingerprint density at radius 1 is 1.10 bits per heavy atom. The Morgan fingerprint density at radius 3 is 2.67 bits per heavy atom. The average Bonchev–Trinajstić information content (AvgIpc) is 3.43. The lowest BCUT2D eigenvalue weighted by molar-refractivity contribution is 0.0997. The van der Waals surface area contributed by atoms with Crippen LogP contribution in [0, 0.1) is 6.92 Å². The summed E-state index contributed by atoms with van der Waals surface area (Å²) in [5.41, 5.74) is 1.87. The highest BCUT2D eigenvalue weighted by molar-refractivity contribution is 7.16. The highest BCUT2D eigenvalue weighted by Gasteiger charge is 2.25. The number of aromatic nitrogens is 1. The molecule has 0 aliphatic heterocycles. The minimum Gasteiger partial charge on any atom is -0.496 e. The lowest BCUT2D eigenvalue weighted by atomic mass is 9.99. The van der Waals surface area contributed by atoms with Crippen molar-refractivity contribution in [3.05, 3.63) is 94.9 Å². The molecule has 4 rings (SSSR count). The van der Waals surface area contributed by atoms with Crippen LogP contribution in [-0.2, 0) is 0 Å². The van der Waals surface area contributed by atoms with Gasteiger partial charge in [0.05, 0.1) is 19.4 Å². The number of pyridine rings is 1. The number of methoxy groups -OCH3 is 1. The molecule has 6 nitrogen and oxygen atoms in total. The van der Waals surface area contributed by atoms with E-state index in [0.717, 1.165) is 32.6 Å². The maximum absolute atomic E-state index is 12.6. The molecule has 30 heavy (non-hydrogen) atoms. The number of furan rings is 1. The number of aryl methyl sites for hydroxylation is 1. The predicted molar refractivity (Wildman–Crippen MR) is 118 cm³/mol. The van der Waals surface area contributed by atoms with Crippen LogP contribution in [0.2, 0.25) is 0 Å². The van der Waals surface area contributed by atoms with Crippen LogP contribution in [0.25, 0.3) is 0 Å². The van der Waals surface area contributed by atoms with Gasteiger partial charge in [-0.2, -0.15) is 0 Å². The van der Waals surface area contributed by atoms with Crippen molar-refractivity contribution in [2.75, 3.05) is 17.7 Å². The number of carbonyl (C=O) groups excluding carboxylic acids is 1. The van der Waals surface area contributed by atoms with E-state index in [9.17, 15) is 4.79 Å². The van der Waals surface area contributed by atoms with Gasteiger partial charge < -0.3 is 19.8 Å². The number of carbonyl (C=O) groups is 1. The number of para-hydroxylation sites is 1. The fourth-order valence-corrected chi connectivity index (χ4v) is 4.19. The van der Waals surface area contributed by atoms with E-state index in [4.69, 9.17) is 9.15 Å². The third kappa shape index (κ3) is 4.21. The second-order valence-electron chi connectivity index (χ2n) is 6.61. The predicted octanol–water partition coefficient (Wildman–Crippen LogP) is 5.51. The second kappa shape index (κ2) is 8.84. The Kier molecular flexibility index (Phi) is 5.81. The molecule has 3 aromatic heterocycles. The molecule has 1 aromatic carbocycles. The van der Waals surface area contributed by atoms with Gasteiger partial charge in [0.2, 0.25) is 0 Å². The van der Waals surface area contributed by atoms with Crippen LogP contribution in [0.4, 0.5) is 10.8 Å². The first-order valence-corrected chi connectivity index (χ1v) is 10.2. The van der Waals surface area contributed by atoms with E-state index in [1.54, 1.807) is 25.4 Å². The van der Waals surface area contributed by atoms with E-state index in [1.165, 1.54) is 17.6 Å². The summed E-state index contributed by atoms with van der Waals surface area (Å²) in [5, 5.41) is 7.22. The highest BCUT2D eigenvalue weighted by atomic mass is 32.1. The fraction of sp³-hybridized carbons (Fsp3) is 0.130. The van der Waals surface area contributed by atoms with E-state index in [2.05, 4.69) is 21.7 Å². The zero-order valence-electron chi connectivity index (χ0n) is 16.6. The topological polar surface area (TPSA) is 76.4 Å². The van der Waals surface area contributed by atoms with E-state index >= 15 is 0 Å². The molecule has 3 heterocycles. The summed E-state index contributed by atoms with van der Waals surface area (Å²) < 4.78 is 10.9. The molecule has 0 saturated heterocycles. The number of hydrogen-bond acceptors (Lipinski definition) is 6. The number of ether oxygens (including phenoxy) is 1. The van der Waals surface area contributed by atoms with Gasteiger partial charge in [0.15, 0.2) is 5.76 Å². The second-order valence-corrected chi connectivity index (χ2v) is 7.86. The summed E-state index contributed by atoms with van der Waals surface area (Å²) >= 11 is 1.51. The molecule has 0 unspecified atom stereocenters. The van der Waals surface area contributed by atoms with Gasteiger partial charge >= 0.3 is 0 Å². The van der Waals surface area contributed by atoms with Crippen LogP contribution in [0.3, 0.4) is 0 Å². The van der Waals surface area contributed by atoms with E-state index < -0.39 is 0 Å². The molecule has 1 atom stereocenters. The number of nitrogens with one attached hydrogen (secondary N) is 2. The standard InChI is InChI=1S/C23H21N3O3S/c1-15-14-17(23(30-15)26-22(27)19-10-7-13-29-19)21(25-20-11-5-6-12-24-20)16-8-3-4-9-18(16)28-2/h3-14,21H,1-2H3,(H,24,25)(H,26,27)/t21-/m0/s1. The summed E-state index contributed by atoms with van der Waals surface area (Å²) in [6, 6.07) is 18.6. The largest absolute Gasteiger partial charge is 0.496 e. The van der Waals surface area contributed by atoms with Gasteiger partial charge in [0.1, 0.15) is 16.6 Å². The molecule has 0 saturated carbocycles. The Labute approximate surface area is 178 Å². The van der Waals surface area contributed by atoms with Crippen molar-refractivity contribution in [3.63, 3.8) is 0 Å². The van der Waals surface area contributed by atoms with Gasteiger partial charge in [-0.05, 0) is 43.3 Å². The van der Waals surface area contributed by atoms with Gasteiger partial charge in [-0.25, -0.2) is 4.98 Å². The molecule has 1 amide bonds. The van der Waals surface area contributed by atoms with Gasteiger partial charge in [-0.15, -0.1) is 11.3 Å². The quantitative estimate of drug-likeness (QED) is 0.413. The number of benzene rings is 1. The van der Waals surface area contributed by atoms with Crippen LogP contribution in [-0.4, -0.2) is 18.0 Å². The van der Waals surface area contributed by atoms with Gasteiger partial charge in [0.25, 0.3) is 5.91 Å². The van der Waals surface area contributed by atoms with Crippen molar-refractivity contribution in [3.8, 4) is 5.75 Å². The fourth-order valence-electron chi connectivity index (χ4n) is 3.24. The van der Waals surface area contributed by atoms with Crippen LogP contribution < -0.4 is 15.4 Å². The van der Waals surface area contributed by atoms with Crippen LogP contribution in [0.15, 0.2) is 77.5 Å². The van der Waals surface area contributed by atoms with Crippen molar-refractivity contribution in [2.24, 2.45) is 0 Å². The lowest BCUT2D eigenvalue weighted by Gasteiger charge is -2.22. The molecule has 0 fully saturated rings. The molecule has 0 radical (unpaired) electrons. The van der Waals surface area contributed by atoms with Gasteiger partial charge in [-0.1, -0.05) is 24.3 Å². The molecule has 0 aliphatic rings. The first-order valence-electron chi connectivity index (χ1n) is 9.41. The van der Waals surface area contributed by atoms with E-state index in [-0.39, 0.29) is 17.7 Å². The number of amides is 1. The minimum absolute atomic E-state index is 0.263. The Balaban J connectivity index is 1.76. The summed E-state index contributed by atoms with van der Waals surface area (Å²) in [5.74, 6) is 1.44. The number of hydrogen-bond donors (Lipinski definition) is 2. The summed E-state index contributed by atoms with van der Waals surface area (Å²) in [6.07, 6.45) is 3.22. The van der Waals surface area contributed by atoms with Crippen molar-refractivity contribution in [2.45, 2.75) is 13.0 Å². The monoisotopic (exact) mass is 419 g/mol. The third-order valence-corrected chi connectivity index (χ3v) is 5.56. The van der Waals surface area contributed by atoms with Crippen molar-refractivity contribution in [1.29, 1.82) is 0 Å². The normalized spacial score (nSPS) is 11.7. The molecule has 152 valence electrons. The van der Waals surface area contributed by atoms with Crippen molar-refractivity contribution >= 4 is 28.1 Å². The third-order valence-electron chi connectivity index (χ3n) is 4.57. The van der Waals surface area contributed by atoms with Gasteiger partial charge in [0, 0.05) is 22.2 Å². The Morgan fingerprint density at radius 2 is 1.93 bits per heavy atom.